The molecule has 0 radical (unpaired) electrons. The second-order valence-corrected chi connectivity index (χ2v) is 8.38. The molecule has 0 aromatic rings. The highest BCUT2D eigenvalue weighted by Crippen LogP contribution is 2.41. The highest BCUT2D eigenvalue weighted by molar-refractivity contribution is 5.68. The first-order valence-corrected chi connectivity index (χ1v) is 8.54. The lowest BCUT2D eigenvalue weighted by atomic mass is 9.66. The zero-order valence-electron chi connectivity index (χ0n) is 14.5. The summed E-state index contributed by atoms with van der Waals surface area (Å²) in [5.74, 6) is 0.648. The Kier molecular flexibility index (Phi) is 4.79. The molecule has 1 aliphatic carbocycles. The number of nitrogens with zero attached hydrogens (tertiary/aromatic N) is 1. The average molecular weight is 312 g/mol. The van der Waals surface area contributed by atoms with Crippen LogP contribution < -0.4 is 5.73 Å². The molecule has 2 rings (SSSR count). The second kappa shape index (κ2) is 6.00. The highest BCUT2D eigenvalue weighted by Gasteiger charge is 2.51. The number of hydrogen-bond donors (Lipinski definition) is 2. The number of piperidine rings is 1. The quantitative estimate of drug-likeness (QED) is 0.780. The monoisotopic (exact) mass is 312 g/mol. The topological polar surface area (TPSA) is 75.8 Å². The normalized spacial score (nSPS) is 37.0. The molecular weight excluding hydrogens is 280 g/mol. The number of nitrogens with two attached hydrogens (primary N) is 1. The Morgan fingerprint density at radius 2 is 1.86 bits per heavy atom. The first-order valence-electron chi connectivity index (χ1n) is 8.54. The van der Waals surface area contributed by atoms with Crippen molar-refractivity contribution < 1.29 is 14.6 Å². The largest absolute Gasteiger partial charge is 0.444 e. The minimum Gasteiger partial charge on any atom is -0.444 e. The Labute approximate surface area is 134 Å². The van der Waals surface area contributed by atoms with Gasteiger partial charge < -0.3 is 20.5 Å². The summed E-state index contributed by atoms with van der Waals surface area (Å²) in [5.41, 5.74) is 4.51. The molecule has 5 nitrogen and oxygen atoms in total. The third kappa shape index (κ3) is 3.74. The summed E-state index contributed by atoms with van der Waals surface area (Å²) in [6.45, 7) is 8.84. The Balaban J connectivity index is 2.07. The molecule has 1 heterocycles. The van der Waals surface area contributed by atoms with E-state index in [1.165, 1.54) is 0 Å². The van der Waals surface area contributed by atoms with Gasteiger partial charge in [-0.05, 0) is 65.2 Å². The zero-order chi connectivity index (χ0) is 16.6. The highest BCUT2D eigenvalue weighted by atomic mass is 16.6. The number of ether oxygens (including phenoxy) is 1. The summed E-state index contributed by atoms with van der Waals surface area (Å²) < 4.78 is 5.46. The molecule has 0 aromatic carbocycles. The number of amides is 1. The predicted molar refractivity (Wildman–Crippen MR) is 86.5 cm³/mol. The van der Waals surface area contributed by atoms with Crippen LogP contribution in [0.4, 0.5) is 4.79 Å². The van der Waals surface area contributed by atoms with Crippen LogP contribution in [0.5, 0.6) is 0 Å². The molecule has 0 bridgehead atoms. The SMILES string of the molecule is CC1CCC(O)(C2(N)CCCN(C(=O)OC(C)(C)C)C2)CC1. The van der Waals surface area contributed by atoms with E-state index >= 15 is 0 Å². The fourth-order valence-corrected chi connectivity index (χ4v) is 3.68. The summed E-state index contributed by atoms with van der Waals surface area (Å²) in [5, 5.41) is 11.1. The molecule has 5 heteroatoms. The summed E-state index contributed by atoms with van der Waals surface area (Å²) in [7, 11) is 0. The average Bonchev–Trinajstić information content (AvgIpc) is 2.40. The van der Waals surface area contributed by atoms with Crippen LogP contribution in [0.15, 0.2) is 0 Å². The third-order valence-corrected chi connectivity index (χ3v) is 5.20. The molecule has 22 heavy (non-hydrogen) atoms. The van der Waals surface area contributed by atoms with Crippen LogP contribution in [0.1, 0.15) is 66.2 Å². The van der Waals surface area contributed by atoms with Gasteiger partial charge in [0.1, 0.15) is 5.60 Å². The van der Waals surface area contributed by atoms with E-state index in [-0.39, 0.29) is 6.09 Å². The molecule has 0 spiro atoms. The molecule has 1 unspecified atom stereocenters. The van der Waals surface area contributed by atoms with Gasteiger partial charge in [0.15, 0.2) is 0 Å². The first-order chi connectivity index (χ1) is 10.0. The van der Waals surface area contributed by atoms with Crippen LogP contribution in [0.25, 0.3) is 0 Å². The van der Waals surface area contributed by atoms with E-state index in [0.717, 1.165) is 38.5 Å². The van der Waals surface area contributed by atoms with Crippen LogP contribution in [-0.2, 0) is 4.74 Å². The lowest BCUT2D eigenvalue weighted by Crippen LogP contribution is -2.69. The third-order valence-electron chi connectivity index (χ3n) is 5.20. The Morgan fingerprint density at radius 3 is 2.41 bits per heavy atom. The number of carbonyl (C=O) groups excluding carboxylic acids is 1. The number of rotatable bonds is 1. The van der Waals surface area contributed by atoms with E-state index < -0.39 is 16.7 Å². The number of carbonyl (C=O) groups is 1. The minimum atomic E-state index is -0.861. The standard InChI is InChI=1S/C17H32N2O3/c1-13-6-9-17(21,10-7-13)16(18)8-5-11-19(12-16)14(20)22-15(2,3)4/h13,21H,5-12,18H2,1-4H3. The van der Waals surface area contributed by atoms with Gasteiger partial charge in [0.25, 0.3) is 0 Å². The molecule has 1 saturated carbocycles. The van der Waals surface area contributed by atoms with Crippen molar-refractivity contribution in [2.24, 2.45) is 11.7 Å². The van der Waals surface area contributed by atoms with E-state index in [1.54, 1.807) is 4.90 Å². The molecule has 3 N–H and O–H groups in total. The van der Waals surface area contributed by atoms with Gasteiger partial charge in [0.05, 0.1) is 11.1 Å². The van der Waals surface area contributed by atoms with E-state index in [1.807, 2.05) is 20.8 Å². The zero-order valence-corrected chi connectivity index (χ0v) is 14.5. The van der Waals surface area contributed by atoms with E-state index in [9.17, 15) is 9.90 Å². The van der Waals surface area contributed by atoms with Gasteiger partial charge in [0.2, 0.25) is 0 Å². The van der Waals surface area contributed by atoms with E-state index in [0.29, 0.717) is 19.0 Å². The molecule has 2 aliphatic rings. The Bertz CT molecular complexity index is 411. The molecule has 128 valence electrons. The van der Waals surface area contributed by atoms with Crippen molar-refractivity contribution in [3.05, 3.63) is 0 Å². The maximum absolute atomic E-state index is 12.3. The van der Waals surface area contributed by atoms with Crippen molar-refractivity contribution in [1.82, 2.24) is 4.90 Å². The van der Waals surface area contributed by atoms with Crippen molar-refractivity contribution >= 4 is 6.09 Å². The molecule has 1 atom stereocenters. The lowest BCUT2D eigenvalue weighted by Gasteiger charge is -2.52. The molecular formula is C17H32N2O3. The van der Waals surface area contributed by atoms with Crippen LogP contribution >= 0.6 is 0 Å². The molecule has 0 aromatic heterocycles. The van der Waals surface area contributed by atoms with Crippen molar-refractivity contribution in [2.45, 2.75) is 83.0 Å². The van der Waals surface area contributed by atoms with Crippen LogP contribution in [0.2, 0.25) is 0 Å². The summed E-state index contributed by atoms with van der Waals surface area (Å²) in [6.07, 6.45) is 4.71. The van der Waals surface area contributed by atoms with Gasteiger partial charge in [0, 0.05) is 13.1 Å². The second-order valence-electron chi connectivity index (χ2n) is 8.38. The number of hydrogen-bond acceptors (Lipinski definition) is 4. The molecule has 1 saturated heterocycles. The lowest BCUT2D eigenvalue weighted by molar-refractivity contribution is -0.0953. The fraction of sp³-hybridized carbons (Fsp3) is 0.941. The van der Waals surface area contributed by atoms with Crippen molar-refractivity contribution in [1.29, 1.82) is 0 Å². The van der Waals surface area contributed by atoms with Gasteiger partial charge in [-0.2, -0.15) is 0 Å². The maximum atomic E-state index is 12.3. The predicted octanol–water partition coefficient (Wildman–Crippen LogP) is 2.66. The summed E-state index contributed by atoms with van der Waals surface area (Å²) >= 11 is 0. The molecule has 2 fully saturated rings. The van der Waals surface area contributed by atoms with Gasteiger partial charge in [-0.1, -0.05) is 6.92 Å². The number of aliphatic hydroxyl groups is 1. The Hall–Kier alpha value is -0.810. The summed E-state index contributed by atoms with van der Waals surface area (Å²) in [4.78, 5) is 14.0. The smallest absolute Gasteiger partial charge is 0.410 e. The van der Waals surface area contributed by atoms with Gasteiger partial charge in [-0.15, -0.1) is 0 Å². The molecule has 1 amide bonds. The van der Waals surface area contributed by atoms with E-state index in [2.05, 4.69) is 6.92 Å². The first kappa shape index (κ1) is 17.5. The number of likely N-dealkylation sites (tertiary alicyclic amines) is 1. The minimum absolute atomic E-state index is 0.324. The summed E-state index contributed by atoms with van der Waals surface area (Å²) in [6, 6.07) is 0. The Morgan fingerprint density at radius 1 is 1.27 bits per heavy atom. The van der Waals surface area contributed by atoms with Gasteiger partial charge in [-0.3, -0.25) is 0 Å². The van der Waals surface area contributed by atoms with Gasteiger partial charge in [-0.25, -0.2) is 4.79 Å². The van der Waals surface area contributed by atoms with Crippen molar-refractivity contribution in [3.8, 4) is 0 Å². The maximum Gasteiger partial charge on any atom is 0.410 e. The van der Waals surface area contributed by atoms with Crippen LogP contribution in [0.3, 0.4) is 0 Å². The fourth-order valence-electron chi connectivity index (χ4n) is 3.68. The van der Waals surface area contributed by atoms with Crippen LogP contribution in [0, 0.1) is 5.92 Å². The molecule has 1 aliphatic heterocycles. The van der Waals surface area contributed by atoms with Crippen molar-refractivity contribution in [2.75, 3.05) is 13.1 Å². The van der Waals surface area contributed by atoms with Crippen LogP contribution in [-0.4, -0.2) is 45.9 Å². The van der Waals surface area contributed by atoms with Gasteiger partial charge >= 0.3 is 6.09 Å². The van der Waals surface area contributed by atoms with Crippen molar-refractivity contribution in [3.63, 3.8) is 0 Å². The van der Waals surface area contributed by atoms with E-state index in [4.69, 9.17) is 10.5 Å².